The average Bonchev–Trinajstić information content (AvgIpc) is 2.91. The summed E-state index contributed by atoms with van der Waals surface area (Å²) in [6, 6.07) is 12.4. The van der Waals surface area contributed by atoms with Crippen LogP contribution in [-0.2, 0) is 16.7 Å². The monoisotopic (exact) mass is 394 g/mol. The van der Waals surface area contributed by atoms with Crippen LogP contribution in [0.3, 0.4) is 0 Å². The Morgan fingerprint density at radius 2 is 2.04 bits per heavy atom. The molecule has 0 unspecified atom stereocenters. The Morgan fingerprint density at radius 1 is 1.28 bits per heavy atom. The zero-order valence-electron chi connectivity index (χ0n) is 14.1. The topological polar surface area (TPSA) is 58.2 Å². The molecule has 2 aromatic carbocycles. The van der Waals surface area contributed by atoms with Crippen LogP contribution in [0.15, 0.2) is 41.3 Å². The Bertz CT molecular complexity index is 1050. The molecule has 4 nitrogen and oxygen atoms in total. The molecule has 0 fully saturated rings. The second kappa shape index (κ2) is 7.45. The highest BCUT2D eigenvalue weighted by Crippen LogP contribution is 2.30. The summed E-state index contributed by atoms with van der Waals surface area (Å²) in [6.07, 6.45) is 4.55. The molecule has 0 bridgehead atoms. The van der Waals surface area contributed by atoms with E-state index in [1.54, 1.807) is 23.1 Å². The summed E-state index contributed by atoms with van der Waals surface area (Å²) in [7, 11) is -3.94. The van der Waals surface area contributed by atoms with Crippen molar-refractivity contribution in [3.05, 3.63) is 46.3 Å². The molecule has 1 aromatic heterocycles. The summed E-state index contributed by atoms with van der Waals surface area (Å²) >= 11 is 3.39. The van der Waals surface area contributed by atoms with Gasteiger partial charge in [0.25, 0.3) is 15.1 Å². The van der Waals surface area contributed by atoms with Crippen molar-refractivity contribution in [1.82, 2.24) is 0 Å². The highest BCUT2D eigenvalue weighted by molar-refractivity contribution is 8.02. The summed E-state index contributed by atoms with van der Waals surface area (Å²) < 4.78 is 34.5. The van der Waals surface area contributed by atoms with Crippen molar-refractivity contribution in [2.24, 2.45) is 0 Å². The Kier molecular flexibility index (Phi) is 5.48. The molecule has 0 spiro atoms. The molecule has 0 aliphatic carbocycles. The Balaban J connectivity index is 2.17. The molecule has 3 aromatic rings. The molecule has 1 N–H and O–H groups in total. The first kappa shape index (κ1) is 18.4. The van der Waals surface area contributed by atoms with Gasteiger partial charge in [0.15, 0.2) is 6.54 Å². The molecule has 0 amide bonds. The van der Waals surface area contributed by atoms with Crippen molar-refractivity contribution in [2.75, 3.05) is 12.0 Å². The Hall–Kier alpha value is -1.41. The van der Waals surface area contributed by atoms with Gasteiger partial charge in [0.05, 0.1) is 11.1 Å². The van der Waals surface area contributed by atoms with Crippen LogP contribution >= 0.6 is 23.1 Å². The van der Waals surface area contributed by atoms with Gasteiger partial charge in [-0.2, -0.15) is 13.0 Å². The van der Waals surface area contributed by atoms with Gasteiger partial charge in [0, 0.05) is 12.5 Å². The largest absolute Gasteiger partial charge is 0.286 e. The van der Waals surface area contributed by atoms with Gasteiger partial charge in [-0.3, -0.25) is 4.55 Å². The minimum absolute atomic E-state index is 0.229. The van der Waals surface area contributed by atoms with Gasteiger partial charge in [-0.05, 0) is 35.6 Å². The number of aryl methyl sites for hydroxylation is 1. The summed E-state index contributed by atoms with van der Waals surface area (Å²) in [4.78, 5) is 1.19. The van der Waals surface area contributed by atoms with E-state index in [9.17, 15) is 8.42 Å². The summed E-state index contributed by atoms with van der Waals surface area (Å²) in [5, 5.41) is 3.41. The molecule has 0 saturated carbocycles. The first-order valence-corrected chi connectivity index (χ1v) is 11.6. The molecule has 0 saturated heterocycles. The average molecular weight is 395 g/mol. The number of nitrogens with zero attached hydrogens (tertiary/aromatic N) is 1. The molecular formula is C18H20NO3S3+. The van der Waals surface area contributed by atoms with E-state index in [1.165, 1.54) is 9.61 Å². The van der Waals surface area contributed by atoms with Crippen LogP contribution in [0.1, 0.15) is 18.4 Å². The lowest BCUT2D eigenvalue weighted by atomic mass is 10.1. The van der Waals surface area contributed by atoms with Gasteiger partial charge in [-0.1, -0.05) is 35.6 Å². The van der Waals surface area contributed by atoms with Gasteiger partial charge in [0.1, 0.15) is 4.70 Å². The second-order valence-corrected chi connectivity index (χ2v) is 9.51. The predicted molar refractivity (Wildman–Crippen MR) is 108 cm³/mol. The van der Waals surface area contributed by atoms with Gasteiger partial charge in [0.2, 0.25) is 5.52 Å². The van der Waals surface area contributed by atoms with Crippen LogP contribution in [0.4, 0.5) is 0 Å². The van der Waals surface area contributed by atoms with E-state index in [-0.39, 0.29) is 5.75 Å². The van der Waals surface area contributed by atoms with E-state index in [2.05, 4.69) is 41.8 Å². The maximum Gasteiger partial charge on any atom is 0.265 e. The lowest BCUT2D eigenvalue weighted by Crippen LogP contribution is -2.36. The molecule has 3 rings (SSSR count). The third-order valence-electron chi connectivity index (χ3n) is 4.05. The van der Waals surface area contributed by atoms with Gasteiger partial charge in [-0.25, -0.2) is 0 Å². The molecule has 132 valence electrons. The number of benzene rings is 2. The SMILES string of the molecule is CSC(C)=Cc1sc2ccc3ccccc3c2[n+]1CCCS(=O)(=O)O. The quantitative estimate of drug-likeness (QED) is 0.499. The zero-order valence-corrected chi connectivity index (χ0v) is 16.5. The molecule has 7 heteroatoms. The standard InChI is InChI=1S/C18H19NO3S3/c1-13(23-2)12-17-19(10-5-11-25(20,21)22)18-15-7-4-3-6-14(15)8-9-16(18)24-17/h3-4,6-9,12H,5,10-11H2,1-2H3/p+1. The van der Waals surface area contributed by atoms with Crippen molar-refractivity contribution < 1.29 is 17.5 Å². The van der Waals surface area contributed by atoms with Crippen LogP contribution in [0.5, 0.6) is 0 Å². The molecule has 0 aliphatic rings. The van der Waals surface area contributed by atoms with Crippen LogP contribution in [0.25, 0.3) is 27.1 Å². The first-order valence-electron chi connectivity index (χ1n) is 7.90. The number of fused-ring (bicyclic) bond motifs is 3. The molecular weight excluding hydrogens is 374 g/mol. The summed E-state index contributed by atoms with van der Waals surface area (Å²) in [5.41, 5.74) is 1.12. The highest BCUT2D eigenvalue weighted by atomic mass is 32.2. The van der Waals surface area contributed by atoms with Crippen molar-refractivity contribution in [3.8, 4) is 0 Å². The van der Waals surface area contributed by atoms with Crippen molar-refractivity contribution in [1.29, 1.82) is 0 Å². The number of thiazole rings is 1. The van der Waals surface area contributed by atoms with Gasteiger partial charge >= 0.3 is 0 Å². The number of thioether (sulfide) groups is 1. The van der Waals surface area contributed by atoms with E-state index in [1.807, 2.05) is 18.4 Å². The van der Waals surface area contributed by atoms with Crippen molar-refractivity contribution in [3.63, 3.8) is 0 Å². The van der Waals surface area contributed by atoms with E-state index in [4.69, 9.17) is 4.55 Å². The van der Waals surface area contributed by atoms with Crippen LogP contribution < -0.4 is 4.57 Å². The van der Waals surface area contributed by atoms with Crippen LogP contribution in [0.2, 0.25) is 0 Å². The molecule has 25 heavy (non-hydrogen) atoms. The number of allylic oxidation sites excluding steroid dienone is 1. The van der Waals surface area contributed by atoms with E-state index >= 15 is 0 Å². The normalized spacial score (nSPS) is 13.0. The molecule has 0 radical (unpaired) electrons. The smallest absolute Gasteiger partial charge is 0.265 e. The third-order valence-corrected chi connectivity index (χ3v) is 6.71. The fourth-order valence-corrected chi connectivity index (χ4v) is 4.85. The van der Waals surface area contributed by atoms with Gasteiger partial charge < -0.3 is 0 Å². The molecule has 0 aliphatic heterocycles. The highest BCUT2D eigenvalue weighted by Gasteiger charge is 2.22. The summed E-state index contributed by atoms with van der Waals surface area (Å²) in [6.45, 7) is 2.61. The number of rotatable bonds is 6. The van der Waals surface area contributed by atoms with Gasteiger partial charge in [-0.15, -0.1) is 11.8 Å². The number of hydrogen-bond donors (Lipinski definition) is 1. The second-order valence-electron chi connectivity index (χ2n) is 5.82. The predicted octanol–water partition coefficient (Wildman–Crippen LogP) is 4.34. The van der Waals surface area contributed by atoms with Crippen molar-refractivity contribution >= 4 is 60.3 Å². The first-order chi connectivity index (χ1) is 11.9. The van der Waals surface area contributed by atoms with Crippen LogP contribution in [0, 0.1) is 0 Å². The van der Waals surface area contributed by atoms with Crippen LogP contribution in [-0.4, -0.2) is 25.0 Å². The van der Waals surface area contributed by atoms with Crippen molar-refractivity contribution in [2.45, 2.75) is 19.9 Å². The Morgan fingerprint density at radius 3 is 2.76 bits per heavy atom. The fourth-order valence-electron chi connectivity index (χ4n) is 2.84. The number of aromatic nitrogens is 1. The minimum atomic E-state index is -3.94. The molecule has 1 heterocycles. The maximum atomic E-state index is 11.1. The maximum absolute atomic E-state index is 11.1. The fraction of sp³-hybridized carbons (Fsp3) is 0.278. The number of hydrogen-bond acceptors (Lipinski definition) is 4. The lowest BCUT2D eigenvalue weighted by molar-refractivity contribution is -0.667. The minimum Gasteiger partial charge on any atom is -0.286 e. The summed E-state index contributed by atoms with van der Waals surface area (Å²) in [5.74, 6) is -0.229. The van der Waals surface area contributed by atoms with E-state index < -0.39 is 10.1 Å². The van der Waals surface area contributed by atoms with E-state index in [0.29, 0.717) is 13.0 Å². The lowest BCUT2D eigenvalue weighted by Gasteiger charge is -2.01. The van der Waals surface area contributed by atoms with E-state index in [0.717, 1.165) is 21.3 Å². The zero-order chi connectivity index (χ0) is 18.0. The molecule has 0 atom stereocenters. The Labute approximate surface area is 155 Å². The third kappa shape index (κ3) is 4.23.